The minimum absolute atomic E-state index is 0.0641. The third-order valence-electron chi connectivity index (χ3n) is 2.63. The van der Waals surface area contributed by atoms with Gasteiger partial charge in [0.2, 0.25) is 0 Å². The molecular weight excluding hydrogens is 351 g/mol. The fourth-order valence-electron chi connectivity index (χ4n) is 1.64. The van der Waals surface area contributed by atoms with Crippen molar-refractivity contribution in [3.05, 3.63) is 67.4 Å². The standard InChI is InChI=1S/C13H9BrClFN2O2/c14-9-1-4-12(16)8(5-9)7-17-10-2-3-11(15)13(6-10)18(19)20/h1-6,17H,7H2. The summed E-state index contributed by atoms with van der Waals surface area (Å²) in [6, 6.07) is 8.95. The Kier molecular flexibility index (Phi) is 4.57. The molecule has 0 radical (unpaired) electrons. The second kappa shape index (κ2) is 6.19. The van der Waals surface area contributed by atoms with E-state index in [1.54, 1.807) is 18.2 Å². The summed E-state index contributed by atoms with van der Waals surface area (Å²) in [6.07, 6.45) is 0. The quantitative estimate of drug-likeness (QED) is 0.632. The van der Waals surface area contributed by atoms with Gasteiger partial charge in [0.15, 0.2) is 0 Å². The maximum absolute atomic E-state index is 13.6. The molecule has 0 saturated carbocycles. The van der Waals surface area contributed by atoms with E-state index in [1.807, 2.05) is 0 Å². The van der Waals surface area contributed by atoms with Crippen LogP contribution in [0.2, 0.25) is 5.02 Å². The molecule has 0 aliphatic carbocycles. The molecule has 0 bridgehead atoms. The molecule has 2 rings (SSSR count). The second-order valence-corrected chi connectivity index (χ2v) is 5.34. The molecule has 0 atom stereocenters. The zero-order valence-electron chi connectivity index (χ0n) is 10.1. The minimum atomic E-state index is -0.562. The lowest BCUT2D eigenvalue weighted by Gasteiger charge is -2.08. The predicted octanol–water partition coefficient (Wildman–Crippen LogP) is 4.76. The van der Waals surface area contributed by atoms with Crippen LogP contribution in [0, 0.1) is 15.9 Å². The number of nitro groups is 1. The van der Waals surface area contributed by atoms with Crippen molar-refractivity contribution in [3.8, 4) is 0 Å². The van der Waals surface area contributed by atoms with E-state index in [1.165, 1.54) is 18.2 Å². The van der Waals surface area contributed by atoms with Crippen LogP contribution in [-0.2, 0) is 6.54 Å². The van der Waals surface area contributed by atoms with E-state index in [0.717, 1.165) is 4.47 Å². The Bertz CT molecular complexity index is 667. The molecule has 104 valence electrons. The Morgan fingerprint density at radius 1 is 1.30 bits per heavy atom. The van der Waals surface area contributed by atoms with Gasteiger partial charge in [0.1, 0.15) is 10.8 Å². The monoisotopic (exact) mass is 358 g/mol. The number of hydrogen-bond acceptors (Lipinski definition) is 3. The van der Waals surface area contributed by atoms with Gasteiger partial charge >= 0.3 is 0 Å². The normalized spacial score (nSPS) is 10.3. The van der Waals surface area contributed by atoms with Crippen LogP contribution in [0.15, 0.2) is 40.9 Å². The SMILES string of the molecule is O=[N+]([O-])c1cc(NCc2cc(Br)ccc2F)ccc1Cl. The summed E-state index contributed by atoms with van der Waals surface area (Å²) in [7, 11) is 0. The maximum Gasteiger partial charge on any atom is 0.289 e. The molecule has 0 amide bonds. The Balaban J connectivity index is 2.17. The Morgan fingerprint density at radius 3 is 2.75 bits per heavy atom. The summed E-state index contributed by atoms with van der Waals surface area (Å²) in [5, 5.41) is 13.8. The number of halogens is 3. The Morgan fingerprint density at radius 2 is 2.05 bits per heavy atom. The first-order valence-electron chi connectivity index (χ1n) is 5.59. The Hall–Kier alpha value is -1.66. The predicted molar refractivity (Wildman–Crippen MR) is 79.5 cm³/mol. The first-order chi connectivity index (χ1) is 9.47. The summed E-state index contributed by atoms with van der Waals surface area (Å²) in [5.41, 5.74) is 0.767. The van der Waals surface area contributed by atoms with Crippen LogP contribution in [0.3, 0.4) is 0 Å². The van der Waals surface area contributed by atoms with Gasteiger partial charge < -0.3 is 5.32 Å². The molecule has 0 spiro atoms. The zero-order valence-corrected chi connectivity index (χ0v) is 12.4. The molecule has 0 aromatic heterocycles. The largest absolute Gasteiger partial charge is 0.381 e. The van der Waals surface area contributed by atoms with Gasteiger partial charge in [0.25, 0.3) is 5.69 Å². The van der Waals surface area contributed by atoms with E-state index in [-0.39, 0.29) is 23.1 Å². The summed E-state index contributed by atoms with van der Waals surface area (Å²) >= 11 is 8.98. The van der Waals surface area contributed by atoms with Crippen molar-refractivity contribution in [2.45, 2.75) is 6.54 Å². The lowest BCUT2D eigenvalue weighted by molar-refractivity contribution is -0.384. The van der Waals surface area contributed by atoms with Crippen LogP contribution in [0.1, 0.15) is 5.56 Å². The molecule has 4 nitrogen and oxygen atoms in total. The molecule has 2 aromatic carbocycles. The molecule has 0 unspecified atom stereocenters. The van der Waals surface area contributed by atoms with Gasteiger partial charge in [-0.2, -0.15) is 0 Å². The van der Waals surface area contributed by atoms with Crippen molar-refractivity contribution in [1.29, 1.82) is 0 Å². The lowest BCUT2D eigenvalue weighted by Crippen LogP contribution is -2.02. The van der Waals surface area contributed by atoms with Crippen LogP contribution >= 0.6 is 27.5 Å². The number of anilines is 1. The van der Waals surface area contributed by atoms with Crippen LogP contribution in [-0.4, -0.2) is 4.92 Å². The summed E-state index contributed by atoms with van der Waals surface area (Å²) in [5.74, 6) is -0.343. The lowest BCUT2D eigenvalue weighted by atomic mass is 10.2. The summed E-state index contributed by atoms with van der Waals surface area (Å²) < 4.78 is 14.3. The number of nitro benzene ring substituents is 1. The highest BCUT2D eigenvalue weighted by molar-refractivity contribution is 9.10. The molecule has 20 heavy (non-hydrogen) atoms. The third kappa shape index (κ3) is 3.46. The highest BCUT2D eigenvalue weighted by Crippen LogP contribution is 2.27. The van der Waals surface area contributed by atoms with Crippen molar-refractivity contribution in [2.24, 2.45) is 0 Å². The molecule has 7 heteroatoms. The fraction of sp³-hybridized carbons (Fsp3) is 0.0769. The number of hydrogen-bond donors (Lipinski definition) is 1. The molecule has 0 aliphatic heterocycles. The van der Waals surface area contributed by atoms with Crippen molar-refractivity contribution < 1.29 is 9.31 Å². The van der Waals surface area contributed by atoms with Crippen LogP contribution in [0.25, 0.3) is 0 Å². The van der Waals surface area contributed by atoms with Gasteiger partial charge in [0, 0.05) is 28.3 Å². The van der Waals surface area contributed by atoms with Gasteiger partial charge in [-0.15, -0.1) is 0 Å². The molecule has 0 heterocycles. The second-order valence-electron chi connectivity index (χ2n) is 4.01. The van der Waals surface area contributed by atoms with E-state index in [2.05, 4.69) is 21.2 Å². The number of benzene rings is 2. The first-order valence-corrected chi connectivity index (χ1v) is 6.76. The van der Waals surface area contributed by atoms with Gasteiger partial charge in [-0.25, -0.2) is 4.39 Å². The van der Waals surface area contributed by atoms with E-state index < -0.39 is 4.92 Å². The molecule has 1 N–H and O–H groups in total. The van der Waals surface area contributed by atoms with E-state index in [9.17, 15) is 14.5 Å². The molecule has 0 fully saturated rings. The van der Waals surface area contributed by atoms with Crippen molar-refractivity contribution in [1.82, 2.24) is 0 Å². The topological polar surface area (TPSA) is 55.2 Å². The zero-order chi connectivity index (χ0) is 14.7. The number of nitrogens with one attached hydrogen (secondary N) is 1. The Labute approximate surface area is 127 Å². The average Bonchev–Trinajstić information content (AvgIpc) is 2.41. The fourth-order valence-corrected chi connectivity index (χ4v) is 2.23. The highest BCUT2D eigenvalue weighted by Gasteiger charge is 2.12. The van der Waals surface area contributed by atoms with Crippen molar-refractivity contribution in [3.63, 3.8) is 0 Å². The van der Waals surface area contributed by atoms with Crippen molar-refractivity contribution in [2.75, 3.05) is 5.32 Å². The smallest absolute Gasteiger partial charge is 0.289 e. The number of rotatable bonds is 4. The molecule has 2 aromatic rings. The van der Waals surface area contributed by atoms with Crippen LogP contribution in [0.5, 0.6) is 0 Å². The van der Waals surface area contributed by atoms with Crippen LogP contribution in [0.4, 0.5) is 15.8 Å². The van der Waals surface area contributed by atoms with Crippen molar-refractivity contribution >= 4 is 38.9 Å². The minimum Gasteiger partial charge on any atom is -0.381 e. The average molecular weight is 360 g/mol. The third-order valence-corrected chi connectivity index (χ3v) is 3.45. The van der Waals surface area contributed by atoms with Gasteiger partial charge in [-0.05, 0) is 30.3 Å². The van der Waals surface area contributed by atoms with E-state index >= 15 is 0 Å². The van der Waals surface area contributed by atoms with Crippen LogP contribution < -0.4 is 5.32 Å². The summed E-state index contributed by atoms with van der Waals surface area (Å²) in [4.78, 5) is 10.2. The molecular formula is C13H9BrClFN2O2. The number of nitrogens with zero attached hydrogens (tertiary/aromatic N) is 1. The maximum atomic E-state index is 13.6. The van der Waals surface area contributed by atoms with Gasteiger partial charge in [-0.3, -0.25) is 10.1 Å². The molecule has 0 aliphatic rings. The molecule has 0 saturated heterocycles. The highest BCUT2D eigenvalue weighted by atomic mass is 79.9. The summed E-state index contributed by atoms with van der Waals surface area (Å²) in [6.45, 7) is 0.212. The first kappa shape index (κ1) is 14.7. The van der Waals surface area contributed by atoms with Gasteiger partial charge in [0.05, 0.1) is 4.92 Å². The van der Waals surface area contributed by atoms with E-state index in [0.29, 0.717) is 11.3 Å². The van der Waals surface area contributed by atoms with Gasteiger partial charge in [-0.1, -0.05) is 27.5 Å². The van der Waals surface area contributed by atoms with E-state index in [4.69, 9.17) is 11.6 Å².